The highest BCUT2D eigenvalue weighted by Crippen LogP contribution is 2.36. The number of nitrogens with zero attached hydrogens (tertiary/aromatic N) is 2. The van der Waals surface area contributed by atoms with Gasteiger partial charge >= 0.3 is 0 Å². The van der Waals surface area contributed by atoms with Crippen LogP contribution in [-0.2, 0) is 4.79 Å². The normalized spacial score (nSPS) is 21.7. The summed E-state index contributed by atoms with van der Waals surface area (Å²) >= 11 is 0. The lowest BCUT2D eigenvalue weighted by molar-refractivity contribution is -0.117. The molecule has 0 atom stereocenters. The Morgan fingerprint density at radius 2 is 1.72 bits per heavy atom. The molecule has 0 unspecified atom stereocenters. The quantitative estimate of drug-likeness (QED) is 0.435. The van der Waals surface area contributed by atoms with E-state index in [2.05, 4.69) is 4.99 Å². The molecule has 1 aromatic carbocycles. The fourth-order valence-corrected chi connectivity index (χ4v) is 3.91. The molecule has 29 heavy (non-hydrogen) atoms. The first kappa shape index (κ1) is 20.9. The van der Waals surface area contributed by atoms with Crippen molar-refractivity contribution in [3.8, 4) is 0 Å². The highest BCUT2D eigenvalue weighted by molar-refractivity contribution is 6.24. The van der Waals surface area contributed by atoms with E-state index in [1.807, 2.05) is 13.8 Å². The molecule has 1 aromatic rings. The van der Waals surface area contributed by atoms with E-state index in [1.54, 1.807) is 24.3 Å². The Kier molecular flexibility index (Phi) is 5.98. The molecular formula is C22H26N2O5. The van der Waals surface area contributed by atoms with Crippen LogP contribution in [0.3, 0.4) is 0 Å². The molecule has 2 amide bonds. The number of hydrogen-bond donors (Lipinski definition) is 2. The topological polar surface area (TPSA) is 107 Å². The Morgan fingerprint density at radius 1 is 1.10 bits per heavy atom. The van der Waals surface area contributed by atoms with Crippen molar-refractivity contribution >= 4 is 23.3 Å². The predicted octanol–water partition coefficient (Wildman–Crippen LogP) is 2.70. The first-order chi connectivity index (χ1) is 13.7. The second-order valence-electron chi connectivity index (χ2n) is 8.23. The summed E-state index contributed by atoms with van der Waals surface area (Å²) in [4.78, 5) is 42.9. The number of Topliss-reactive ketones (excluding diaryl/α,β-unsaturated/α-hetero) is 1. The third-order valence-electron chi connectivity index (χ3n) is 5.22. The molecule has 0 saturated heterocycles. The molecule has 1 heterocycles. The lowest BCUT2D eigenvalue weighted by Gasteiger charge is -2.31. The fourth-order valence-electron chi connectivity index (χ4n) is 3.91. The molecule has 1 aliphatic carbocycles. The largest absolute Gasteiger partial charge is 0.511 e. The van der Waals surface area contributed by atoms with Gasteiger partial charge < -0.3 is 10.2 Å². The van der Waals surface area contributed by atoms with Crippen molar-refractivity contribution in [3.63, 3.8) is 0 Å². The second-order valence-corrected chi connectivity index (χ2v) is 8.23. The maximum Gasteiger partial charge on any atom is 0.261 e. The van der Waals surface area contributed by atoms with Gasteiger partial charge in [0.1, 0.15) is 5.76 Å². The van der Waals surface area contributed by atoms with E-state index in [1.165, 1.54) is 4.90 Å². The van der Waals surface area contributed by atoms with Crippen LogP contribution >= 0.6 is 0 Å². The lowest BCUT2D eigenvalue weighted by atomic mass is 9.73. The molecular weight excluding hydrogens is 372 g/mol. The summed E-state index contributed by atoms with van der Waals surface area (Å²) in [5.41, 5.74) is 1.26. The smallest absolute Gasteiger partial charge is 0.261 e. The number of aliphatic imine (C=N–C) groups is 1. The highest BCUT2D eigenvalue weighted by atomic mass is 16.3. The molecule has 3 rings (SSSR count). The van der Waals surface area contributed by atoms with Crippen LogP contribution < -0.4 is 0 Å². The maximum atomic E-state index is 12.6. The summed E-state index contributed by atoms with van der Waals surface area (Å²) in [5, 5.41) is 19.7. The molecule has 0 bridgehead atoms. The second kappa shape index (κ2) is 8.29. The van der Waals surface area contributed by atoms with Gasteiger partial charge in [-0.15, -0.1) is 0 Å². The van der Waals surface area contributed by atoms with Crippen molar-refractivity contribution < 1.29 is 24.6 Å². The molecule has 0 aromatic heterocycles. The molecule has 1 fully saturated rings. The van der Waals surface area contributed by atoms with Gasteiger partial charge in [0.25, 0.3) is 11.8 Å². The monoisotopic (exact) mass is 398 g/mol. The SMILES string of the molecule is CC1(C)CC(=O)C(=C(O)CCCN2C(=O)c3ccccc3C2=O)C(=NCCO)C1. The Bertz CT molecular complexity index is 879. The molecule has 2 aliphatic rings. The van der Waals surface area contributed by atoms with Crippen molar-refractivity contribution in [2.45, 2.75) is 39.5 Å². The standard InChI is InChI=1S/C22H26N2O5/c1-22(2)12-16(23-9-11-25)19(18(27)13-22)17(26)8-5-10-24-20(28)14-6-3-4-7-15(14)21(24)29/h3-4,6-7,25-26H,5,8-13H2,1-2H3. The van der Waals surface area contributed by atoms with Crippen LogP contribution in [0.1, 0.15) is 60.2 Å². The third kappa shape index (κ3) is 4.29. The van der Waals surface area contributed by atoms with Gasteiger partial charge in [-0.2, -0.15) is 0 Å². The minimum atomic E-state index is -0.335. The summed E-state index contributed by atoms with van der Waals surface area (Å²) in [5.74, 6) is -0.910. The van der Waals surface area contributed by atoms with Gasteiger partial charge in [0.05, 0.1) is 29.9 Å². The molecule has 7 heteroatoms. The van der Waals surface area contributed by atoms with Crippen LogP contribution in [0.2, 0.25) is 0 Å². The van der Waals surface area contributed by atoms with E-state index in [0.717, 1.165) is 0 Å². The molecule has 154 valence electrons. The first-order valence-electron chi connectivity index (χ1n) is 9.80. The zero-order valence-electron chi connectivity index (χ0n) is 16.8. The van der Waals surface area contributed by atoms with Crippen molar-refractivity contribution in [1.29, 1.82) is 0 Å². The minimum Gasteiger partial charge on any atom is -0.511 e. The van der Waals surface area contributed by atoms with Crippen LogP contribution in [0.5, 0.6) is 0 Å². The number of hydrogen-bond acceptors (Lipinski definition) is 6. The van der Waals surface area contributed by atoms with Crippen LogP contribution in [0.25, 0.3) is 0 Å². The van der Waals surface area contributed by atoms with E-state index in [9.17, 15) is 19.5 Å². The third-order valence-corrected chi connectivity index (χ3v) is 5.22. The fraction of sp³-hybridized carbons (Fsp3) is 0.455. The lowest BCUT2D eigenvalue weighted by Crippen LogP contribution is -2.33. The van der Waals surface area contributed by atoms with E-state index in [-0.39, 0.29) is 60.5 Å². The summed E-state index contributed by atoms with van der Waals surface area (Å²) in [6, 6.07) is 6.68. The highest BCUT2D eigenvalue weighted by Gasteiger charge is 2.37. The van der Waals surface area contributed by atoms with E-state index in [4.69, 9.17) is 5.11 Å². The first-order valence-corrected chi connectivity index (χ1v) is 9.80. The average molecular weight is 398 g/mol. The number of benzene rings is 1. The molecule has 7 nitrogen and oxygen atoms in total. The number of fused-ring (bicyclic) bond motifs is 1. The number of allylic oxidation sites excluding steroid dienone is 2. The number of ketones is 1. The summed E-state index contributed by atoms with van der Waals surface area (Å²) < 4.78 is 0. The molecule has 1 aliphatic heterocycles. The van der Waals surface area contributed by atoms with Gasteiger partial charge in [0, 0.05) is 25.1 Å². The number of imide groups is 1. The summed E-state index contributed by atoms with van der Waals surface area (Å²) in [6.45, 7) is 4.13. The Hall–Kier alpha value is -2.80. The number of amides is 2. The van der Waals surface area contributed by atoms with Gasteiger partial charge in [-0.1, -0.05) is 26.0 Å². The van der Waals surface area contributed by atoms with Crippen molar-refractivity contribution in [3.05, 3.63) is 46.7 Å². The summed E-state index contributed by atoms with van der Waals surface area (Å²) in [7, 11) is 0. The van der Waals surface area contributed by atoms with Gasteiger partial charge in [0.2, 0.25) is 0 Å². The van der Waals surface area contributed by atoms with Crippen LogP contribution in [0.4, 0.5) is 0 Å². The van der Waals surface area contributed by atoms with E-state index in [0.29, 0.717) is 36.1 Å². The van der Waals surface area contributed by atoms with Crippen LogP contribution in [-0.4, -0.2) is 58.1 Å². The van der Waals surface area contributed by atoms with Gasteiger partial charge in [0.15, 0.2) is 5.78 Å². The van der Waals surface area contributed by atoms with Gasteiger partial charge in [-0.25, -0.2) is 0 Å². The van der Waals surface area contributed by atoms with Gasteiger partial charge in [-0.05, 0) is 30.4 Å². The Morgan fingerprint density at radius 3 is 2.31 bits per heavy atom. The van der Waals surface area contributed by atoms with Crippen LogP contribution in [0, 0.1) is 5.41 Å². The number of carbonyl (C=O) groups excluding carboxylic acids is 3. The zero-order chi connectivity index (χ0) is 21.2. The molecule has 0 spiro atoms. The molecule has 1 saturated carbocycles. The zero-order valence-corrected chi connectivity index (χ0v) is 16.8. The van der Waals surface area contributed by atoms with E-state index < -0.39 is 0 Å². The van der Waals surface area contributed by atoms with Crippen molar-refractivity contribution in [2.75, 3.05) is 19.7 Å². The Balaban J connectivity index is 1.71. The minimum absolute atomic E-state index is 0.0706. The van der Waals surface area contributed by atoms with E-state index >= 15 is 0 Å². The number of carbonyl (C=O) groups is 3. The van der Waals surface area contributed by atoms with Crippen molar-refractivity contribution in [1.82, 2.24) is 4.90 Å². The predicted molar refractivity (Wildman–Crippen MR) is 108 cm³/mol. The Labute approximate surface area is 169 Å². The number of aliphatic hydroxyl groups excluding tert-OH is 2. The number of rotatable bonds is 6. The number of aliphatic hydroxyl groups is 2. The van der Waals surface area contributed by atoms with Gasteiger partial charge in [-0.3, -0.25) is 24.3 Å². The van der Waals surface area contributed by atoms with Crippen molar-refractivity contribution in [2.24, 2.45) is 10.4 Å². The average Bonchev–Trinajstić information content (AvgIpc) is 2.90. The van der Waals surface area contributed by atoms with Crippen LogP contribution in [0.15, 0.2) is 40.6 Å². The summed E-state index contributed by atoms with van der Waals surface area (Å²) in [6.07, 6.45) is 1.34. The molecule has 2 N–H and O–H groups in total. The maximum absolute atomic E-state index is 12.6. The molecule has 0 radical (unpaired) electrons.